The second-order valence-electron chi connectivity index (χ2n) is 7.05. The first-order chi connectivity index (χ1) is 14.2. The second kappa shape index (κ2) is 8.72. The molecule has 0 radical (unpaired) electrons. The van der Waals surface area contributed by atoms with Gasteiger partial charge < -0.3 is 0 Å². The third-order valence-corrected chi connectivity index (χ3v) is 4.88. The molecule has 0 unspecified atom stereocenters. The summed E-state index contributed by atoms with van der Waals surface area (Å²) in [4.78, 5) is 8.84. The molecule has 1 N–H and O–H groups in total. The highest BCUT2D eigenvalue weighted by Gasteiger charge is 2.12. The Morgan fingerprint density at radius 2 is 1.90 bits per heavy atom. The zero-order valence-corrected chi connectivity index (χ0v) is 16.7. The van der Waals surface area contributed by atoms with Gasteiger partial charge in [0.15, 0.2) is 5.82 Å². The summed E-state index contributed by atoms with van der Waals surface area (Å²) in [6.07, 6.45) is 7.85. The molecule has 0 aliphatic heterocycles. The minimum Gasteiger partial charge on any atom is -0.264 e. The molecule has 0 aliphatic rings. The third-order valence-electron chi connectivity index (χ3n) is 4.88. The number of nitrogens with zero attached hydrogens (tertiary/aromatic N) is 7. The molecule has 0 spiro atoms. The topological polar surface area (TPSA) is 98.1 Å². The Morgan fingerprint density at radius 3 is 2.66 bits per heavy atom. The fourth-order valence-corrected chi connectivity index (χ4v) is 3.41. The number of aryl methyl sites for hydroxylation is 2. The van der Waals surface area contributed by atoms with E-state index in [-0.39, 0.29) is 0 Å². The average molecular weight is 388 g/mol. The van der Waals surface area contributed by atoms with Crippen LogP contribution in [0.25, 0.3) is 22.5 Å². The molecular weight excluding hydrogens is 364 g/mol. The lowest BCUT2D eigenvalue weighted by Gasteiger charge is -2.09. The molecule has 3 aromatic heterocycles. The SMILES string of the molecule is CCCCCn1nc(C)nc1Cc1ccc(-c2ccncc2-c2nnn[nH]2)cc1. The molecular formula is C21H24N8. The Labute approximate surface area is 169 Å². The highest BCUT2D eigenvalue weighted by molar-refractivity contribution is 5.79. The van der Waals surface area contributed by atoms with E-state index >= 15 is 0 Å². The Balaban J connectivity index is 1.54. The molecule has 1 aromatic carbocycles. The maximum atomic E-state index is 4.63. The van der Waals surface area contributed by atoms with E-state index in [1.807, 2.05) is 13.0 Å². The first-order valence-corrected chi connectivity index (χ1v) is 9.92. The van der Waals surface area contributed by atoms with Gasteiger partial charge in [0.25, 0.3) is 0 Å². The Bertz CT molecular complexity index is 1050. The molecule has 0 aliphatic carbocycles. The van der Waals surface area contributed by atoms with E-state index in [4.69, 9.17) is 0 Å². The van der Waals surface area contributed by atoms with Crippen molar-refractivity contribution in [1.82, 2.24) is 40.4 Å². The van der Waals surface area contributed by atoms with E-state index in [1.165, 1.54) is 18.4 Å². The quantitative estimate of drug-likeness (QED) is 0.463. The summed E-state index contributed by atoms with van der Waals surface area (Å²) in [5.74, 6) is 2.45. The number of unbranched alkanes of at least 4 members (excludes halogenated alkanes) is 2. The van der Waals surface area contributed by atoms with Gasteiger partial charge >= 0.3 is 0 Å². The van der Waals surface area contributed by atoms with Gasteiger partial charge in [0.05, 0.1) is 0 Å². The molecule has 0 fully saturated rings. The fraction of sp³-hybridized carbons (Fsp3) is 0.333. The van der Waals surface area contributed by atoms with Crippen LogP contribution in [0.5, 0.6) is 0 Å². The number of tetrazole rings is 1. The van der Waals surface area contributed by atoms with Crippen LogP contribution in [0.2, 0.25) is 0 Å². The number of benzene rings is 1. The summed E-state index contributed by atoms with van der Waals surface area (Å²) in [6.45, 7) is 5.09. The van der Waals surface area contributed by atoms with Crippen LogP contribution < -0.4 is 0 Å². The molecule has 0 amide bonds. The van der Waals surface area contributed by atoms with Crippen LogP contribution in [0, 0.1) is 6.92 Å². The molecule has 0 atom stereocenters. The van der Waals surface area contributed by atoms with E-state index in [1.54, 1.807) is 12.4 Å². The first kappa shape index (κ1) is 18.9. The van der Waals surface area contributed by atoms with Gasteiger partial charge in [0.1, 0.15) is 11.6 Å². The lowest BCUT2D eigenvalue weighted by Crippen LogP contribution is -2.06. The predicted octanol–water partition coefficient (Wildman–Crippen LogP) is 3.61. The zero-order chi connectivity index (χ0) is 20.1. The number of hydrogen-bond donors (Lipinski definition) is 1. The van der Waals surface area contributed by atoms with Gasteiger partial charge in [-0.1, -0.05) is 44.0 Å². The number of hydrogen-bond acceptors (Lipinski definition) is 6. The van der Waals surface area contributed by atoms with Crippen LogP contribution >= 0.6 is 0 Å². The smallest absolute Gasteiger partial charge is 0.181 e. The highest BCUT2D eigenvalue weighted by atomic mass is 15.5. The minimum absolute atomic E-state index is 0.604. The van der Waals surface area contributed by atoms with E-state index in [0.29, 0.717) is 5.82 Å². The highest BCUT2D eigenvalue weighted by Crippen LogP contribution is 2.29. The van der Waals surface area contributed by atoms with Crippen molar-refractivity contribution in [1.29, 1.82) is 0 Å². The lowest BCUT2D eigenvalue weighted by atomic mass is 9.99. The van der Waals surface area contributed by atoms with Crippen LogP contribution in [0.3, 0.4) is 0 Å². The Kier molecular flexibility index (Phi) is 5.69. The summed E-state index contributed by atoms with van der Waals surface area (Å²) >= 11 is 0. The van der Waals surface area contributed by atoms with Crippen molar-refractivity contribution in [2.45, 2.75) is 46.1 Å². The van der Waals surface area contributed by atoms with Crippen molar-refractivity contribution >= 4 is 0 Å². The molecule has 0 saturated heterocycles. The predicted molar refractivity (Wildman–Crippen MR) is 110 cm³/mol. The van der Waals surface area contributed by atoms with Crippen molar-refractivity contribution in [2.75, 3.05) is 0 Å². The normalized spacial score (nSPS) is 11.1. The first-order valence-electron chi connectivity index (χ1n) is 9.92. The van der Waals surface area contributed by atoms with E-state index < -0.39 is 0 Å². The molecule has 29 heavy (non-hydrogen) atoms. The zero-order valence-electron chi connectivity index (χ0n) is 16.7. The standard InChI is InChI=1S/C21H24N8/c1-3-4-5-12-29-20(23-15(2)26-29)13-16-6-8-17(9-7-16)18-10-11-22-14-19(18)21-24-27-28-25-21/h6-11,14H,3-5,12-13H2,1-2H3,(H,24,25,27,28). The van der Waals surface area contributed by atoms with Gasteiger partial charge in [0.2, 0.25) is 0 Å². The number of aromatic nitrogens is 8. The van der Waals surface area contributed by atoms with Gasteiger partial charge in [-0.05, 0) is 46.5 Å². The minimum atomic E-state index is 0.604. The molecule has 4 aromatic rings. The molecule has 8 heteroatoms. The van der Waals surface area contributed by atoms with Crippen LogP contribution in [0.15, 0.2) is 42.7 Å². The van der Waals surface area contributed by atoms with Gasteiger partial charge in [-0.25, -0.2) is 14.8 Å². The van der Waals surface area contributed by atoms with Crippen LogP contribution in [-0.2, 0) is 13.0 Å². The Hall–Kier alpha value is -3.42. The Morgan fingerprint density at radius 1 is 1.03 bits per heavy atom. The number of pyridine rings is 1. The van der Waals surface area contributed by atoms with Gasteiger partial charge in [0, 0.05) is 30.9 Å². The van der Waals surface area contributed by atoms with Gasteiger partial charge in [-0.15, -0.1) is 5.10 Å². The number of nitrogens with one attached hydrogen (secondary N) is 1. The molecule has 4 rings (SSSR count). The molecule has 3 heterocycles. The molecule has 0 saturated carbocycles. The van der Waals surface area contributed by atoms with Crippen molar-refractivity contribution in [3.05, 3.63) is 59.9 Å². The monoisotopic (exact) mass is 388 g/mol. The second-order valence-corrected chi connectivity index (χ2v) is 7.05. The maximum Gasteiger partial charge on any atom is 0.181 e. The van der Waals surface area contributed by atoms with Gasteiger partial charge in [-0.2, -0.15) is 5.10 Å². The number of rotatable bonds is 8. The summed E-state index contributed by atoms with van der Waals surface area (Å²) in [5, 5.41) is 18.7. The number of H-pyrrole nitrogens is 1. The van der Waals surface area contributed by atoms with Gasteiger partial charge in [-0.3, -0.25) is 4.98 Å². The summed E-state index contributed by atoms with van der Waals surface area (Å²) in [7, 11) is 0. The number of aromatic amines is 1. The fourth-order valence-electron chi connectivity index (χ4n) is 3.41. The van der Waals surface area contributed by atoms with Crippen LogP contribution in [0.4, 0.5) is 0 Å². The van der Waals surface area contributed by atoms with E-state index in [2.05, 4.69) is 71.6 Å². The van der Waals surface area contributed by atoms with E-state index in [9.17, 15) is 0 Å². The third kappa shape index (κ3) is 4.37. The van der Waals surface area contributed by atoms with Crippen molar-refractivity contribution in [3.63, 3.8) is 0 Å². The largest absolute Gasteiger partial charge is 0.264 e. The van der Waals surface area contributed by atoms with Crippen LogP contribution in [-0.4, -0.2) is 40.4 Å². The van der Waals surface area contributed by atoms with Crippen LogP contribution in [0.1, 0.15) is 43.4 Å². The molecule has 0 bridgehead atoms. The summed E-state index contributed by atoms with van der Waals surface area (Å²) in [5.41, 5.74) is 4.19. The molecule has 8 nitrogen and oxygen atoms in total. The summed E-state index contributed by atoms with van der Waals surface area (Å²) in [6, 6.07) is 10.5. The lowest BCUT2D eigenvalue weighted by molar-refractivity contribution is 0.533. The van der Waals surface area contributed by atoms with Crippen molar-refractivity contribution in [3.8, 4) is 22.5 Å². The summed E-state index contributed by atoms with van der Waals surface area (Å²) < 4.78 is 2.05. The van der Waals surface area contributed by atoms with Crippen molar-refractivity contribution in [2.24, 2.45) is 0 Å². The van der Waals surface area contributed by atoms with Crippen molar-refractivity contribution < 1.29 is 0 Å². The van der Waals surface area contributed by atoms with E-state index in [0.717, 1.165) is 47.7 Å². The molecule has 148 valence electrons. The maximum absolute atomic E-state index is 4.63. The average Bonchev–Trinajstić information content (AvgIpc) is 3.39.